The lowest BCUT2D eigenvalue weighted by atomic mass is 9.57. The minimum absolute atomic E-state index is 0.0568. The van der Waals surface area contributed by atoms with Gasteiger partial charge in [-0.1, -0.05) is 111 Å². The van der Waals surface area contributed by atoms with Gasteiger partial charge < -0.3 is 0 Å². The van der Waals surface area contributed by atoms with Crippen LogP contribution in [0.4, 0.5) is 0 Å². The summed E-state index contributed by atoms with van der Waals surface area (Å²) in [5, 5.41) is 0. The zero-order valence-electron chi connectivity index (χ0n) is 16.0. The molecule has 0 amide bonds. The lowest BCUT2D eigenvalue weighted by Crippen LogP contribution is -2.43. The molecule has 0 nitrogen and oxygen atoms in total. The normalized spacial score (nSPS) is 12.2. The SMILES string of the molecule is Cc1ccc(C(C)(c2ccc(C)cc2)C(C)(C)c2ccccc2)cc1. The van der Waals surface area contributed by atoms with Crippen LogP contribution in [0.15, 0.2) is 78.9 Å². The van der Waals surface area contributed by atoms with E-state index in [0.29, 0.717) is 0 Å². The van der Waals surface area contributed by atoms with Crippen molar-refractivity contribution >= 4 is 0 Å². The highest BCUT2D eigenvalue weighted by Crippen LogP contribution is 2.48. The second-order valence-corrected chi connectivity index (χ2v) is 7.85. The Hall–Kier alpha value is -2.34. The summed E-state index contributed by atoms with van der Waals surface area (Å²) in [6.45, 7) is 11.4. The largest absolute Gasteiger partial charge is 0.0622 e. The number of hydrogen-bond acceptors (Lipinski definition) is 0. The van der Waals surface area contributed by atoms with E-state index >= 15 is 0 Å². The van der Waals surface area contributed by atoms with E-state index in [9.17, 15) is 0 Å². The number of aryl methyl sites for hydroxylation is 2. The standard InChI is InChI=1S/C25H28/c1-19-11-15-22(16-12-19)25(5,23-17-13-20(2)14-18-23)24(3,4)21-9-7-6-8-10-21/h6-18H,1-5H3. The van der Waals surface area contributed by atoms with Gasteiger partial charge >= 0.3 is 0 Å². The second kappa shape index (κ2) is 6.52. The first kappa shape index (κ1) is 17.5. The first-order valence-corrected chi connectivity index (χ1v) is 9.05. The molecule has 0 N–H and O–H groups in total. The molecule has 25 heavy (non-hydrogen) atoms. The van der Waals surface area contributed by atoms with Gasteiger partial charge in [0, 0.05) is 10.8 Å². The van der Waals surface area contributed by atoms with Gasteiger partial charge in [-0.25, -0.2) is 0 Å². The number of hydrogen-bond donors (Lipinski definition) is 0. The van der Waals surface area contributed by atoms with Gasteiger partial charge in [-0.15, -0.1) is 0 Å². The molecule has 0 aliphatic carbocycles. The van der Waals surface area contributed by atoms with Gasteiger partial charge in [0.15, 0.2) is 0 Å². The Labute approximate surface area is 152 Å². The van der Waals surface area contributed by atoms with E-state index in [2.05, 4.69) is 113 Å². The predicted molar refractivity (Wildman–Crippen MR) is 108 cm³/mol. The third kappa shape index (κ3) is 3.02. The summed E-state index contributed by atoms with van der Waals surface area (Å²) in [6, 6.07) is 28.9. The van der Waals surface area contributed by atoms with Gasteiger partial charge in [-0.05, 0) is 30.5 Å². The lowest BCUT2D eigenvalue weighted by Gasteiger charge is -2.46. The van der Waals surface area contributed by atoms with Crippen LogP contribution in [-0.2, 0) is 10.8 Å². The zero-order valence-corrected chi connectivity index (χ0v) is 16.0. The third-order valence-corrected chi connectivity index (χ3v) is 6.00. The molecule has 128 valence electrons. The van der Waals surface area contributed by atoms with Crippen LogP contribution in [0.25, 0.3) is 0 Å². The van der Waals surface area contributed by atoms with Crippen molar-refractivity contribution in [1.29, 1.82) is 0 Å². The molecule has 0 bridgehead atoms. The van der Waals surface area contributed by atoms with Crippen LogP contribution < -0.4 is 0 Å². The molecule has 3 aromatic rings. The number of benzene rings is 3. The topological polar surface area (TPSA) is 0 Å². The van der Waals surface area contributed by atoms with E-state index in [4.69, 9.17) is 0 Å². The predicted octanol–water partition coefficient (Wildman–Crippen LogP) is 6.59. The van der Waals surface area contributed by atoms with Gasteiger partial charge in [0.05, 0.1) is 0 Å². The molecule has 0 radical (unpaired) electrons. The molecule has 0 aliphatic heterocycles. The van der Waals surface area contributed by atoms with Crippen LogP contribution in [0, 0.1) is 13.8 Å². The molecule has 0 spiro atoms. The Balaban J connectivity index is 2.25. The zero-order chi connectivity index (χ0) is 18.1. The molecular formula is C25H28. The van der Waals surface area contributed by atoms with Crippen LogP contribution in [-0.4, -0.2) is 0 Å². The van der Waals surface area contributed by atoms with E-state index in [-0.39, 0.29) is 10.8 Å². The van der Waals surface area contributed by atoms with E-state index in [0.717, 1.165) is 0 Å². The molecule has 0 heteroatoms. The van der Waals surface area contributed by atoms with Crippen molar-refractivity contribution in [3.8, 4) is 0 Å². The highest BCUT2D eigenvalue weighted by Gasteiger charge is 2.44. The molecule has 0 saturated carbocycles. The van der Waals surface area contributed by atoms with Crippen molar-refractivity contribution in [3.05, 3.63) is 107 Å². The van der Waals surface area contributed by atoms with Crippen molar-refractivity contribution in [2.75, 3.05) is 0 Å². The second-order valence-electron chi connectivity index (χ2n) is 7.85. The minimum atomic E-state index is -0.129. The molecule has 0 heterocycles. The van der Waals surface area contributed by atoms with Crippen molar-refractivity contribution in [1.82, 2.24) is 0 Å². The van der Waals surface area contributed by atoms with Crippen LogP contribution >= 0.6 is 0 Å². The van der Waals surface area contributed by atoms with Crippen molar-refractivity contribution in [3.63, 3.8) is 0 Å². The Kier molecular flexibility index (Phi) is 4.56. The first-order valence-electron chi connectivity index (χ1n) is 9.05. The molecule has 0 fully saturated rings. The minimum Gasteiger partial charge on any atom is -0.0622 e. The van der Waals surface area contributed by atoms with Gasteiger partial charge in [0.1, 0.15) is 0 Å². The van der Waals surface area contributed by atoms with E-state index < -0.39 is 0 Å². The van der Waals surface area contributed by atoms with Crippen LogP contribution in [0.5, 0.6) is 0 Å². The Morgan fingerprint density at radius 1 is 0.480 bits per heavy atom. The molecule has 0 saturated heterocycles. The van der Waals surface area contributed by atoms with E-state index in [1.807, 2.05) is 0 Å². The molecule has 0 aliphatic rings. The summed E-state index contributed by atoms with van der Waals surface area (Å²) < 4.78 is 0. The van der Waals surface area contributed by atoms with Gasteiger partial charge in [-0.2, -0.15) is 0 Å². The fourth-order valence-electron chi connectivity index (χ4n) is 3.81. The summed E-state index contributed by atoms with van der Waals surface area (Å²) in [5.74, 6) is 0. The summed E-state index contributed by atoms with van der Waals surface area (Å²) >= 11 is 0. The summed E-state index contributed by atoms with van der Waals surface area (Å²) in [6.07, 6.45) is 0. The van der Waals surface area contributed by atoms with Crippen molar-refractivity contribution < 1.29 is 0 Å². The van der Waals surface area contributed by atoms with Crippen LogP contribution in [0.1, 0.15) is 48.6 Å². The average molecular weight is 328 g/mol. The molecule has 0 unspecified atom stereocenters. The summed E-state index contributed by atoms with van der Waals surface area (Å²) in [5.41, 5.74) is 6.49. The van der Waals surface area contributed by atoms with Crippen LogP contribution in [0.2, 0.25) is 0 Å². The summed E-state index contributed by atoms with van der Waals surface area (Å²) in [4.78, 5) is 0. The fraction of sp³-hybridized carbons (Fsp3) is 0.280. The van der Waals surface area contributed by atoms with Gasteiger partial charge in [0.2, 0.25) is 0 Å². The fourth-order valence-corrected chi connectivity index (χ4v) is 3.81. The molecule has 0 aromatic heterocycles. The van der Waals surface area contributed by atoms with Crippen molar-refractivity contribution in [2.45, 2.75) is 45.4 Å². The monoisotopic (exact) mass is 328 g/mol. The number of rotatable bonds is 4. The first-order chi connectivity index (χ1) is 11.9. The molecule has 3 rings (SSSR count). The van der Waals surface area contributed by atoms with E-state index in [1.165, 1.54) is 27.8 Å². The molecular weight excluding hydrogens is 300 g/mol. The van der Waals surface area contributed by atoms with E-state index in [1.54, 1.807) is 0 Å². The Morgan fingerprint density at radius 3 is 1.28 bits per heavy atom. The van der Waals surface area contributed by atoms with Gasteiger partial charge in [-0.3, -0.25) is 0 Å². The maximum Gasteiger partial charge on any atom is 0.0265 e. The van der Waals surface area contributed by atoms with Gasteiger partial charge in [0.25, 0.3) is 0 Å². The average Bonchev–Trinajstić information content (AvgIpc) is 2.63. The Bertz CT molecular complexity index is 776. The highest BCUT2D eigenvalue weighted by atomic mass is 14.5. The third-order valence-electron chi connectivity index (χ3n) is 6.00. The lowest BCUT2D eigenvalue weighted by molar-refractivity contribution is 0.330. The maximum absolute atomic E-state index is 2.38. The smallest absolute Gasteiger partial charge is 0.0265 e. The quantitative estimate of drug-likeness (QED) is 0.507. The summed E-state index contributed by atoms with van der Waals surface area (Å²) in [7, 11) is 0. The highest BCUT2D eigenvalue weighted by molar-refractivity contribution is 5.47. The van der Waals surface area contributed by atoms with Crippen LogP contribution in [0.3, 0.4) is 0 Å². The molecule has 0 atom stereocenters. The molecule has 3 aromatic carbocycles. The Morgan fingerprint density at radius 2 is 0.880 bits per heavy atom. The van der Waals surface area contributed by atoms with Crippen molar-refractivity contribution in [2.24, 2.45) is 0 Å². The maximum atomic E-state index is 2.38.